The molecule has 0 N–H and O–H groups in total. The lowest BCUT2D eigenvalue weighted by Crippen LogP contribution is -2.34. The van der Waals surface area contributed by atoms with Gasteiger partial charge in [-0.15, -0.1) is 0 Å². The zero-order valence-electron chi connectivity index (χ0n) is 16.5. The predicted octanol–water partition coefficient (Wildman–Crippen LogP) is 5.70. The summed E-state index contributed by atoms with van der Waals surface area (Å²) in [4.78, 5) is 6.30. The van der Waals surface area contributed by atoms with Crippen LogP contribution in [0.5, 0.6) is 0 Å². The molecule has 4 rings (SSSR count). The molecular weight excluding hydrogens is 471 g/mol. The third-order valence-corrected chi connectivity index (χ3v) is 7.74. The summed E-state index contributed by atoms with van der Waals surface area (Å²) in [5.74, 6) is 0.256. The van der Waals surface area contributed by atoms with Crippen LogP contribution in [0.3, 0.4) is 0 Å². The van der Waals surface area contributed by atoms with Crippen molar-refractivity contribution in [2.24, 2.45) is 5.92 Å². The maximum atomic E-state index is 14.4. The Balaban J connectivity index is 1.82. The number of halogens is 2. The fourth-order valence-corrected chi connectivity index (χ4v) is 5.28. The Kier molecular flexibility index (Phi) is 5.97. The van der Waals surface area contributed by atoms with E-state index in [9.17, 15) is 12.8 Å². The van der Waals surface area contributed by atoms with Crippen molar-refractivity contribution in [3.8, 4) is 11.5 Å². The number of sulfone groups is 1. The highest BCUT2D eigenvalue weighted by Crippen LogP contribution is 2.37. The van der Waals surface area contributed by atoms with Gasteiger partial charge < -0.3 is 9.32 Å². The molecule has 30 heavy (non-hydrogen) atoms. The number of aromatic nitrogens is 1. The first kappa shape index (κ1) is 21.1. The molecule has 1 aliphatic rings. The van der Waals surface area contributed by atoms with Crippen LogP contribution in [0.1, 0.15) is 26.2 Å². The van der Waals surface area contributed by atoms with E-state index in [4.69, 9.17) is 4.42 Å². The molecule has 8 heteroatoms. The van der Waals surface area contributed by atoms with Gasteiger partial charge in [0.15, 0.2) is 0 Å². The molecule has 0 radical (unpaired) electrons. The summed E-state index contributed by atoms with van der Waals surface area (Å²) in [6.45, 7) is 3.51. The first-order valence-corrected chi connectivity index (χ1v) is 12.2. The Morgan fingerprint density at radius 2 is 1.80 bits per heavy atom. The monoisotopic (exact) mass is 492 g/mol. The molecule has 1 fully saturated rings. The van der Waals surface area contributed by atoms with E-state index in [2.05, 4.69) is 27.8 Å². The van der Waals surface area contributed by atoms with Crippen molar-refractivity contribution < 1.29 is 17.2 Å². The van der Waals surface area contributed by atoms with Gasteiger partial charge in [0.25, 0.3) is 0 Å². The van der Waals surface area contributed by atoms with Gasteiger partial charge in [0.05, 0.1) is 10.5 Å². The van der Waals surface area contributed by atoms with Gasteiger partial charge in [0.2, 0.25) is 26.6 Å². The van der Waals surface area contributed by atoms with Crippen molar-refractivity contribution in [1.29, 1.82) is 0 Å². The Morgan fingerprint density at radius 1 is 1.13 bits per heavy atom. The molecule has 1 aromatic heterocycles. The third-order valence-electron chi connectivity index (χ3n) is 5.54. The van der Waals surface area contributed by atoms with Gasteiger partial charge in [-0.25, -0.2) is 12.8 Å². The highest BCUT2D eigenvalue weighted by Gasteiger charge is 2.33. The molecule has 2 aromatic carbocycles. The average Bonchev–Trinajstić information content (AvgIpc) is 3.20. The van der Waals surface area contributed by atoms with E-state index < -0.39 is 15.7 Å². The normalized spacial score (nSPS) is 15.5. The molecule has 5 nitrogen and oxygen atoms in total. The Hall–Kier alpha value is -2.19. The predicted molar refractivity (Wildman–Crippen MR) is 117 cm³/mol. The minimum Gasteiger partial charge on any atom is -0.419 e. The van der Waals surface area contributed by atoms with Crippen LogP contribution in [-0.2, 0) is 9.84 Å². The summed E-state index contributed by atoms with van der Waals surface area (Å²) in [6.07, 6.45) is 2.99. The SMILES string of the molecule is CCC1CCN(c2oc(-c3ccccc3F)nc2S(=O)(=O)c2ccc(Br)cc2)CC1. The van der Waals surface area contributed by atoms with Crippen LogP contribution < -0.4 is 4.90 Å². The highest BCUT2D eigenvalue weighted by molar-refractivity contribution is 9.10. The Labute approximate surface area is 184 Å². The maximum Gasteiger partial charge on any atom is 0.236 e. The van der Waals surface area contributed by atoms with Crippen molar-refractivity contribution in [3.63, 3.8) is 0 Å². The number of piperidine rings is 1. The number of nitrogens with zero attached hydrogens (tertiary/aromatic N) is 2. The molecular formula is C22H22BrFN2O3S. The Bertz CT molecular complexity index is 1140. The number of oxazole rings is 1. The smallest absolute Gasteiger partial charge is 0.236 e. The lowest BCUT2D eigenvalue weighted by Gasteiger charge is -2.31. The van der Waals surface area contributed by atoms with Crippen LogP contribution in [0.25, 0.3) is 11.5 Å². The molecule has 0 bridgehead atoms. The zero-order chi connectivity index (χ0) is 21.3. The van der Waals surface area contributed by atoms with Gasteiger partial charge in [-0.3, -0.25) is 0 Å². The summed E-state index contributed by atoms with van der Waals surface area (Å²) in [7, 11) is -3.94. The molecule has 2 heterocycles. The number of hydrogen-bond acceptors (Lipinski definition) is 5. The molecule has 0 saturated carbocycles. The van der Waals surface area contributed by atoms with Crippen molar-refractivity contribution >= 4 is 31.7 Å². The standard InChI is InChI=1S/C22H22BrFN2O3S/c1-2-15-11-13-26(14-12-15)22-21(30(27,28)17-9-7-16(23)8-10-17)25-20(29-22)18-5-3-4-6-19(18)24/h3-10,15H,2,11-14H2,1H3. The molecule has 3 aromatic rings. The van der Waals surface area contributed by atoms with Crippen molar-refractivity contribution in [3.05, 3.63) is 58.8 Å². The number of anilines is 1. The van der Waals surface area contributed by atoms with E-state index in [-0.39, 0.29) is 27.3 Å². The second-order valence-corrected chi connectivity index (χ2v) is 10.2. The number of benzene rings is 2. The Morgan fingerprint density at radius 3 is 2.43 bits per heavy atom. The lowest BCUT2D eigenvalue weighted by molar-refractivity contribution is 0.380. The molecule has 0 spiro atoms. The third kappa shape index (κ3) is 4.03. The maximum absolute atomic E-state index is 14.4. The van der Waals surface area contributed by atoms with Crippen molar-refractivity contribution in [2.45, 2.75) is 36.1 Å². The van der Waals surface area contributed by atoms with E-state index >= 15 is 0 Å². The van der Waals surface area contributed by atoms with Gasteiger partial charge in [-0.1, -0.05) is 41.4 Å². The molecule has 1 saturated heterocycles. The topological polar surface area (TPSA) is 63.4 Å². The van der Waals surface area contributed by atoms with Gasteiger partial charge >= 0.3 is 0 Å². The zero-order valence-corrected chi connectivity index (χ0v) is 18.9. The fraction of sp³-hybridized carbons (Fsp3) is 0.318. The summed E-state index contributed by atoms with van der Waals surface area (Å²) in [5, 5.41) is -0.168. The quantitative estimate of drug-likeness (QED) is 0.456. The summed E-state index contributed by atoms with van der Waals surface area (Å²) in [6, 6.07) is 12.4. The van der Waals surface area contributed by atoms with E-state index in [1.165, 1.54) is 24.3 Å². The van der Waals surface area contributed by atoms with Crippen molar-refractivity contribution in [1.82, 2.24) is 4.98 Å². The van der Waals surface area contributed by atoms with E-state index in [1.54, 1.807) is 24.3 Å². The summed E-state index contributed by atoms with van der Waals surface area (Å²) >= 11 is 3.32. The van der Waals surface area contributed by atoms with Gasteiger partial charge in [-0.05, 0) is 55.2 Å². The highest BCUT2D eigenvalue weighted by atomic mass is 79.9. The minimum atomic E-state index is -3.94. The number of hydrogen-bond donors (Lipinski definition) is 0. The van der Waals surface area contributed by atoms with E-state index in [1.807, 2.05) is 4.90 Å². The largest absolute Gasteiger partial charge is 0.419 e. The van der Waals surface area contributed by atoms with Crippen LogP contribution in [0.15, 0.2) is 67.3 Å². The second-order valence-electron chi connectivity index (χ2n) is 7.41. The molecule has 0 unspecified atom stereocenters. The van der Waals surface area contributed by atoms with Crippen LogP contribution in [0, 0.1) is 11.7 Å². The van der Waals surface area contributed by atoms with Crippen LogP contribution in [0.4, 0.5) is 10.3 Å². The molecule has 0 aliphatic carbocycles. The number of rotatable bonds is 5. The van der Waals surface area contributed by atoms with Gasteiger partial charge in [0, 0.05) is 17.6 Å². The summed E-state index contributed by atoms with van der Waals surface area (Å²) in [5.41, 5.74) is 0.138. The average molecular weight is 493 g/mol. The van der Waals surface area contributed by atoms with Gasteiger partial charge in [-0.2, -0.15) is 4.98 Å². The minimum absolute atomic E-state index is 0.0311. The van der Waals surface area contributed by atoms with Crippen LogP contribution >= 0.6 is 15.9 Å². The molecule has 158 valence electrons. The fourth-order valence-electron chi connectivity index (χ4n) is 3.69. The van der Waals surface area contributed by atoms with Crippen LogP contribution in [-0.4, -0.2) is 26.5 Å². The molecule has 1 aliphatic heterocycles. The van der Waals surface area contributed by atoms with Crippen molar-refractivity contribution in [2.75, 3.05) is 18.0 Å². The summed E-state index contributed by atoms with van der Waals surface area (Å²) < 4.78 is 47.8. The first-order valence-electron chi connectivity index (χ1n) is 9.91. The van der Waals surface area contributed by atoms with Crippen LogP contribution in [0.2, 0.25) is 0 Å². The first-order chi connectivity index (χ1) is 14.4. The van der Waals surface area contributed by atoms with Gasteiger partial charge in [0.1, 0.15) is 5.82 Å². The molecule has 0 amide bonds. The molecule has 0 atom stereocenters. The van der Waals surface area contributed by atoms with E-state index in [0.29, 0.717) is 19.0 Å². The van der Waals surface area contributed by atoms with E-state index in [0.717, 1.165) is 23.7 Å². The second kappa shape index (κ2) is 8.51. The lowest BCUT2D eigenvalue weighted by atomic mass is 9.95.